The molecule has 2 aromatic heterocycles. The molecule has 25 heavy (non-hydrogen) atoms. The number of nitrogens with zero attached hydrogens (tertiary/aromatic N) is 5. The van der Waals surface area contributed by atoms with Crippen LogP contribution in [0.2, 0.25) is 0 Å². The Morgan fingerprint density at radius 2 is 1.92 bits per heavy atom. The molecule has 2 heterocycles. The molecule has 0 amide bonds. The summed E-state index contributed by atoms with van der Waals surface area (Å²) in [6, 6.07) is 5.70. The van der Waals surface area contributed by atoms with Crippen molar-refractivity contribution in [2.75, 3.05) is 11.6 Å². The predicted octanol–water partition coefficient (Wildman–Crippen LogP) is 1.72. The maximum atomic E-state index is 11.8. The summed E-state index contributed by atoms with van der Waals surface area (Å²) in [6.45, 7) is 0. The monoisotopic (exact) mass is 360 g/mol. The van der Waals surface area contributed by atoms with Gasteiger partial charge in [0.1, 0.15) is 10.6 Å². The van der Waals surface area contributed by atoms with Gasteiger partial charge < -0.3 is 5.32 Å². The van der Waals surface area contributed by atoms with Gasteiger partial charge >= 0.3 is 5.69 Å². The van der Waals surface area contributed by atoms with Crippen LogP contribution in [0.15, 0.2) is 53.9 Å². The first-order valence-corrected chi connectivity index (χ1v) is 8.82. The van der Waals surface area contributed by atoms with Crippen LogP contribution in [0.25, 0.3) is 5.95 Å². The van der Waals surface area contributed by atoms with Crippen LogP contribution in [0.1, 0.15) is 0 Å². The zero-order chi connectivity index (χ0) is 18.0. The third kappa shape index (κ3) is 3.45. The van der Waals surface area contributed by atoms with Crippen LogP contribution in [0.5, 0.6) is 0 Å². The van der Waals surface area contributed by atoms with Crippen LogP contribution < -0.4 is 5.32 Å². The van der Waals surface area contributed by atoms with Crippen molar-refractivity contribution in [2.24, 2.45) is 0 Å². The van der Waals surface area contributed by atoms with Gasteiger partial charge in [-0.3, -0.25) is 10.1 Å². The normalized spacial score (nSPS) is 11.2. The Balaban J connectivity index is 1.99. The number of hydrogen-bond acceptors (Lipinski definition) is 8. The number of sulfone groups is 1. The highest BCUT2D eigenvalue weighted by Crippen LogP contribution is 2.33. The highest BCUT2D eigenvalue weighted by Gasteiger charge is 2.26. The Kier molecular flexibility index (Phi) is 4.15. The molecule has 0 aliphatic carbocycles. The van der Waals surface area contributed by atoms with Crippen molar-refractivity contribution in [1.29, 1.82) is 0 Å². The van der Waals surface area contributed by atoms with Gasteiger partial charge in [-0.2, -0.15) is 5.10 Å². The summed E-state index contributed by atoms with van der Waals surface area (Å²) < 4.78 is 25.0. The fourth-order valence-electron chi connectivity index (χ4n) is 2.17. The molecule has 1 aromatic carbocycles. The Morgan fingerprint density at radius 1 is 1.20 bits per heavy atom. The summed E-state index contributed by atoms with van der Waals surface area (Å²) >= 11 is 0. The minimum Gasteiger partial charge on any atom is -0.347 e. The molecule has 0 unspecified atom stereocenters. The predicted molar refractivity (Wildman–Crippen MR) is 88.6 cm³/mol. The van der Waals surface area contributed by atoms with Crippen molar-refractivity contribution in [1.82, 2.24) is 19.7 Å². The number of hydrogen-bond donors (Lipinski definition) is 1. The van der Waals surface area contributed by atoms with Gasteiger partial charge in [-0.1, -0.05) is 6.07 Å². The molecule has 1 N–H and O–H groups in total. The van der Waals surface area contributed by atoms with E-state index in [1.807, 2.05) is 0 Å². The lowest BCUT2D eigenvalue weighted by atomic mass is 10.2. The maximum Gasteiger partial charge on any atom is 0.311 e. The van der Waals surface area contributed by atoms with Gasteiger partial charge in [-0.25, -0.2) is 23.1 Å². The smallest absolute Gasteiger partial charge is 0.311 e. The number of rotatable bonds is 5. The van der Waals surface area contributed by atoms with E-state index in [0.717, 1.165) is 6.26 Å². The van der Waals surface area contributed by atoms with E-state index in [1.165, 1.54) is 35.3 Å². The van der Waals surface area contributed by atoms with Gasteiger partial charge in [0.05, 0.1) is 23.0 Å². The highest BCUT2D eigenvalue weighted by atomic mass is 32.2. The quantitative estimate of drug-likeness (QED) is 0.537. The molecule has 0 radical (unpaired) electrons. The number of nitro groups is 1. The lowest BCUT2D eigenvalue weighted by Gasteiger charge is -2.07. The molecule has 0 saturated carbocycles. The molecular weight excluding hydrogens is 348 g/mol. The fourth-order valence-corrected chi connectivity index (χ4v) is 3.03. The topological polar surface area (TPSA) is 133 Å². The van der Waals surface area contributed by atoms with Gasteiger partial charge in [0, 0.05) is 18.6 Å². The molecule has 0 atom stereocenters. The molecular formula is C14H12N6O4S. The molecule has 0 aliphatic rings. The molecule has 0 aliphatic heterocycles. The highest BCUT2D eigenvalue weighted by molar-refractivity contribution is 7.90. The number of anilines is 2. The average Bonchev–Trinajstić information content (AvgIpc) is 3.03. The van der Waals surface area contributed by atoms with Crippen molar-refractivity contribution in [3.05, 3.63) is 59.2 Å². The summed E-state index contributed by atoms with van der Waals surface area (Å²) in [5.74, 6) is 0.329. The van der Waals surface area contributed by atoms with E-state index >= 15 is 0 Å². The second kappa shape index (κ2) is 6.28. The molecule has 0 fully saturated rings. The van der Waals surface area contributed by atoms with Crippen LogP contribution in [0.3, 0.4) is 0 Å². The first kappa shape index (κ1) is 16.5. The van der Waals surface area contributed by atoms with Gasteiger partial charge in [-0.15, -0.1) is 0 Å². The van der Waals surface area contributed by atoms with E-state index in [9.17, 15) is 18.5 Å². The third-order valence-corrected chi connectivity index (χ3v) is 4.33. The van der Waals surface area contributed by atoms with E-state index in [4.69, 9.17) is 0 Å². The van der Waals surface area contributed by atoms with Crippen LogP contribution in [-0.2, 0) is 9.84 Å². The van der Waals surface area contributed by atoms with E-state index in [1.54, 1.807) is 18.5 Å². The largest absolute Gasteiger partial charge is 0.347 e. The Bertz CT molecular complexity index is 1030. The standard InChI is InChI=1S/C14H12N6O4S/c1-25(23,24)12-5-2-4-11(13(12)20(21)22)18-10-8-17-19(9-10)14-15-6-3-7-16-14/h2-9,18H,1H3. The summed E-state index contributed by atoms with van der Waals surface area (Å²) in [5.41, 5.74) is -0.0589. The van der Waals surface area contributed by atoms with Crippen LogP contribution in [0.4, 0.5) is 17.1 Å². The molecule has 0 saturated heterocycles. The summed E-state index contributed by atoms with van der Waals surface area (Å²) in [7, 11) is -3.75. The zero-order valence-electron chi connectivity index (χ0n) is 12.9. The summed E-state index contributed by atoms with van der Waals surface area (Å²) in [4.78, 5) is 18.3. The Labute approximate surface area is 142 Å². The molecule has 0 spiro atoms. The zero-order valence-corrected chi connectivity index (χ0v) is 13.7. The number of aromatic nitrogens is 4. The lowest BCUT2D eigenvalue weighted by Crippen LogP contribution is -2.05. The average molecular weight is 360 g/mol. The third-order valence-electron chi connectivity index (χ3n) is 3.20. The van der Waals surface area contributed by atoms with Crippen LogP contribution in [-0.4, -0.2) is 39.3 Å². The van der Waals surface area contributed by atoms with Crippen molar-refractivity contribution in [2.45, 2.75) is 4.90 Å². The first-order chi connectivity index (χ1) is 11.9. The van der Waals surface area contributed by atoms with Gasteiger partial charge in [0.25, 0.3) is 0 Å². The minimum atomic E-state index is -3.75. The summed E-state index contributed by atoms with van der Waals surface area (Å²) in [6.07, 6.45) is 6.98. The van der Waals surface area contributed by atoms with Crippen LogP contribution in [0, 0.1) is 10.1 Å². The molecule has 10 nitrogen and oxygen atoms in total. The Morgan fingerprint density at radius 3 is 2.56 bits per heavy atom. The van der Waals surface area contributed by atoms with E-state index in [2.05, 4.69) is 20.4 Å². The first-order valence-electron chi connectivity index (χ1n) is 6.93. The summed E-state index contributed by atoms with van der Waals surface area (Å²) in [5, 5.41) is 18.2. The molecule has 3 aromatic rings. The van der Waals surface area contributed by atoms with Crippen molar-refractivity contribution in [3.63, 3.8) is 0 Å². The number of nitrogens with one attached hydrogen (secondary N) is 1. The van der Waals surface area contributed by atoms with Gasteiger partial charge in [-0.05, 0) is 18.2 Å². The second-order valence-electron chi connectivity index (χ2n) is 5.03. The number of benzene rings is 1. The molecule has 128 valence electrons. The van der Waals surface area contributed by atoms with E-state index < -0.39 is 20.4 Å². The van der Waals surface area contributed by atoms with E-state index in [-0.39, 0.29) is 10.6 Å². The minimum absolute atomic E-state index is 0.0430. The van der Waals surface area contributed by atoms with Gasteiger partial charge in [0.2, 0.25) is 5.95 Å². The Hall–Kier alpha value is -3.34. The fraction of sp³-hybridized carbons (Fsp3) is 0.0714. The van der Waals surface area contributed by atoms with E-state index in [0.29, 0.717) is 11.6 Å². The van der Waals surface area contributed by atoms with Crippen molar-refractivity contribution < 1.29 is 13.3 Å². The maximum absolute atomic E-state index is 11.8. The number of para-hydroxylation sites is 1. The number of nitro benzene ring substituents is 1. The SMILES string of the molecule is CS(=O)(=O)c1cccc(Nc2cnn(-c3ncccn3)c2)c1[N+](=O)[O-]. The molecule has 0 bridgehead atoms. The lowest BCUT2D eigenvalue weighted by molar-refractivity contribution is -0.386. The van der Waals surface area contributed by atoms with Crippen molar-refractivity contribution in [3.8, 4) is 5.95 Å². The van der Waals surface area contributed by atoms with Crippen molar-refractivity contribution >= 4 is 26.9 Å². The van der Waals surface area contributed by atoms with Crippen LogP contribution >= 0.6 is 0 Å². The molecule has 3 rings (SSSR count). The molecule has 11 heteroatoms. The van der Waals surface area contributed by atoms with Gasteiger partial charge in [0.15, 0.2) is 9.84 Å². The second-order valence-corrected chi connectivity index (χ2v) is 7.01.